The number of nitrogens with zero attached hydrogens (tertiary/aromatic N) is 2. The lowest BCUT2D eigenvalue weighted by atomic mass is 10.2. The van der Waals surface area contributed by atoms with E-state index >= 15 is 0 Å². The lowest BCUT2D eigenvalue weighted by Gasteiger charge is -2.31. The average molecular weight is 398 g/mol. The highest BCUT2D eigenvalue weighted by atomic mass is 32.2. The summed E-state index contributed by atoms with van der Waals surface area (Å²) in [7, 11) is 1.62. The Morgan fingerprint density at radius 2 is 1.93 bits per heavy atom. The number of ether oxygens (including phenoxy) is 1. The molecule has 2 aromatic rings. The van der Waals surface area contributed by atoms with Crippen LogP contribution in [0, 0.1) is 0 Å². The van der Waals surface area contributed by atoms with E-state index in [9.17, 15) is 9.59 Å². The number of amides is 2. The molecule has 2 amide bonds. The van der Waals surface area contributed by atoms with Gasteiger partial charge < -0.3 is 10.1 Å². The summed E-state index contributed by atoms with van der Waals surface area (Å²) in [4.78, 5) is 31.5. The number of hydrogen-bond acceptors (Lipinski definition) is 5. The normalized spacial score (nSPS) is 18.2. The summed E-state index contributed by atoms with van der Waals surface area (Å²) in [5.74, 6) is 0.517. The Kier molecular flexibility index (Phi) is 6.71. The molecule has 0 aromatic heterocycles. The second-order valence-electron chi connectivity index (χ2n) is 6.26. The zero-order valence-electron chi connectivity index (χ0n) is 15.9. The molecular formula is C21H23N3O3S. The van der Waals surface area contributed by atoms with Crippen LogP contribution in [0.1, 0.15) is 18.9 Å². The van der Waals surface area contributed by atoms with Crippen LogP contribution < -0.4 is 10.1 Å². The maximum atomic E-state index is 12.9. The van der Waals surface area contributed by atoms with Crippen LogP contribution in [0.4, 0.5) is 5.69 Å². The number of carbonyl (C=O) groups is 2. The third kappa shape index (κ3) is 4.92. The Labute approximate surface area is 169 Å². The average Bonchev–Trinajstić information content (AvgIpc) is 2.71. The van der Waals surface area contributed by atoms with Crippen molar-refractivity contribution in [3.05, 3.63) is 60.2 Å². The van der Waals surface area contributed by atoms with Gasteiger partial charge in [0.1, 0.15) is 5.75 Å². The number of rotatable bonds is 6. The van der Waals surface area contributed by atoms with Gasteiger partial charge in [0.2, 0.25) is 11.8 Å². The van der Waals surface area contributed by atoms with Crippen LogP contribution >= 0.6 is 11.8 Å². The lowest BCUT2D eigenvalue weighted by Crippen LogP contribution is -2.46. The molecule has 1 unspecified atom stereocenters. The molecule has 3 rings (SSSR count). The fraction of sp³-hybridized carbons (Fsp3) is 0.286. The lowest BCUT2D eigenvalue weighted by molar-refractivity contribution is -0.130. The first kappa shape index (κ1) is 19.9. The Bertz CT molecular complexity index is 853. The van der Waals surface area contributed by atoms with Crippen molar-refractivity contribution in [3.63, 3.8) is 0 Å². The molecule has 1 aliphatic heterocycles. The summed E-state index contributed by atoms with van der Waals surface area (Å²) in [5, 5.41) is 2.86. The van der Waals surface area contributed by atoms with Gasteiger partial charge in [-0.2, -0.15) is 0 Å². The van der Waals surface area contributed by atoms with Gasteiger partial charge >= 0.3 is 0 Å². The molecule has 0 saturated carbocycles. The molecule has 6 nitrogen and oxygen atoms in total. The maximum Gasteiger partial charge on any atom is 0.234 e. The minimum Gasteiger partial charge on any atom is -0.497 e. The van der Waals surface area contributed by atoms with Gasteiger partial charge in [-0.15, -0.1) is 0 Å². The number of thioether (sulfide) groups is 1. The van der Waals surface area contributed by atoms with Crippen molar-refractivity contribution in [2.45, 2.75) is 25.1 Å². The summed E-state index contributed by atoms with van der Waals surface area (Å²) in [6.07, 6.45) is 0.153. The van der Waals surface area contributed by atoms with Gasteiger partial charge in [-0.1, -0.05) is 42.1 Å². The van der Waals surface area contributed by atoms with E-state index in [-0.39, 0.29) is 18.2 Å². The Morgan fingerprint density at radius 3 is 2.57 bits per heavy atom. The molecule has 0 spiro atoms. The monoisotopic (exact) mass is 397 g/mol. The van der Waals surface area contributed by atoms with E-state index in [1.807, 2.05) is 61.5 Å². The highest BCUT2D eigenvalue weighted by Gasteiger charge is 2.35. The number of aliphatic imine (C=N–C) groups is 1. The quantitative estimate of drug-likeness (QED) is 0.811. The van der Waals surface area contributed by atoms with E-state index in [4.69, 9.17) is 4.74 Å². The number of amidine groups is 1. The molecule has 1 N–H and O–H groups in total. The van der Waals surface area contributed by atoms with Crippen LogP contribution in [0.5, 0.6) is 5.75 Å². The largest absolute Gasteiger partial charge is 0.497 e. The molecule has 7 heteroatoms. The van der Waals surface area contributed by atoms with Crippen molar-refractivity contribution in [1.29, 1.82) is 0 Å². The molecular weight excluding hydrogens is 374 g/mol. The second-order valence-corrected chi connectivity index (χ2v) is 7.43. The second kappa shape index (κ2) is 9.41. The Hall–Kier alpha value is -2.80. The van der Waals surface area contributed by atoms with Crippen LogP contribution in [0.15, 0.2) is 59.6 Å². The molecule has 1 aliphatic rings. The SMILES string of the molecule is CCNC(=O)C1CC(=O)N(Cc2ccc(OC)cc2)C(=Nc2ccccc2)S1. The van der Waals surface area contributed by atoms with Crippen molar-refractivity contribution in [2.24, 2.45) is 4.99 Å². The topological polar surface area (TPSA) is 71.0 Å². The molecule has 0 aliphatic carbocycles. The Balaban J connectivity index is 1.87. The van der Waals surface area contributed by atoms with E-state index in [2.05, 4.69) is 10.3 Å². The zero-order chi connectivity index (χ0) is 19.9. The van der Waals surface area contributed by atoms with Crippen LogP contribution in [0.2, 0.25) is 0 Å². The summed E-state index contributed by atoms with van der Waals surface area (Å²) in [6.45, 7) is 2.79. The molecule has 2 aromatic carbocycles. The van der Waals surface area contributed by atoms with E-state index in [0.29, 0.717) is 18.3 Å². The predicted octanol–water partition coefficient (Wildman–Crippen LogP) is 3.35. The fourth-order valence-corrected chi connectivity index (χ4v) is 3.93. The number of carbonyl (C=O) groups excluding carboxylic acids is 2. The number of para-hydroxylation sites is 1. The van der Waals surface area contributed by atoms with Gasteiger partial charge in [0.25, 0.3) is 0 Å². The number of methoxy groups -OCH3 is 1. The third-order valence-corrected chi connectivity index (χ3v) is 5.45. The molecule has 1 saturated heterocycles. The minimum atomic E-state index is -0.470. The molecule has 146 valence electrons. The first-order valence-corrected chi connectivity index (χ1v) is 10.00. The van der Waals surface area contributed by atoms with Gasteiger partial charge in [0.05, 0.1) is 24.6 Å². The van der Waals surface area contributed by atoms with Gasteiger partial charge in [-0.25, -0.2) is 4.99 Å². The van der Waals surface area contributed by atoms with Crippen LogP contribution in [0.3, 0.4) is 0 Å². The van der Waals surface area contributed by atoms with Crippen LogP contribution in [-0.2, 0) is 16.1 Å². The molecule has 1 heterocycles. The molecule has 1 atom stereocenters. The number of hydrogen-bond donors (Lipinski definition) is 1. The standard InChI is InChI=1S/C21H23N3O3S/c1-3-22-20(26)18-13-19(25)24(14-15-9-11-17(27-2)12-10-15)21(28-18)23-16-7-5-4-6-8-16/h4-12,18H,3,13-14H2,1-2H3,(H,22,26). The van der Waals surface area contributed by atoms with E-state index < -0.39 is 5.25 Å². The summed E-state index contributed by atoms with van der Waals surface area (Å²) in [5.41, 5.74) is 1.71. The van der Waals surface area contributed by atoms with E-state index in [0.717, 1.165) is 17.0 Å². The summed E-state index contributed by atoms with van der Waals surface area (Å²) >= 11 is 1.33. The van der Waals surface area contributed by atoms with Crippen molar-refractivity contribution in [1.82, 2.24) is 10.2 Å². The van der Waals surface area contributed by atoms with Crippen LogP contribution in [0.25, 0.3) is 0 Å². The van der Waals surface area contributed by atoms with Crippen molar-refractivity contribution >= 4 is 34.4 Å². The van der Waals surface area contributed by atoms with Crippen molar-refractivity contribution in [3.8, 4) is 5.75 Å². The molecule has 0 bridgehead atoms. The fourth-order valence-electron chi connectivity index (χ4n) is 2.81. The smallest absolute Gasteiger partial charge is 0.234 e. The molecule has 1 fully saturated rings. The Morgan fingerprint density at radius 1 is 1.21 bits per heavy atom. The first-order valence-electron chi connectivity index (χ1n) is 9.12. The predicted molar refractivity (Wildman–Crippen MR) is 112 cm³/mol. The van der Waals surface area contributed by atoms with Crippen LogP contribution in [-0.4, -0.2) is 40.8 Å². The minimum absolute atomic E-state index is 0.111. The third-order valence-electron chi connectivity index (χ3n) is 4.26. The highest BCUT2D eigenvalue weighted by Crippen LogP contribution is 2.30. The van der Waals surface area contributed by atoms with Crippen molar-refractivity contribution < 1.29 is 14.3 Å². The number of nitrogens with one attached hydrogen (secondary N) is 1. The van der Waals surface area contributed by atoms with Crippen molar-refractivity contribution in [2.75, 3.05) is 13.7 Å². The highest BCUT2D eigenvalue weighted by molar-refractivity contribution is 8.15. The van der Waals surface area contributed by atoms with Gasteiger partial charge in [-0.05, 0) is 36.8 Å². The van der Waals surface area contributed by atoms with Gasteiger partial charge in [0, 0.05) is 13.0 Å². The zero-order valence-corrected chi connectivity index (χ0v) is 16.7. The number of benzene rings is 2. The maximum absolute atomic E-state index is 12.9. The van der Waals surface area contributed by atoms with E-state index in [1.54, 1.807) is 12.0 Å². The summed E-state index contributed by atoms with van der Waals surface area (Å²) < 4.78 is 5.19. The van der Waals surface area contributed by atoms with E-state index in [1.165, 1.54) is 11.8 Å². The van der Waals surface area contributed by atoms with Gasteiger partial charge in [0.15, 0.2) is 5.17 Å². The first-order chi connectivity index (χ1) is 13.6. The molecule has 28 heavy (non-hydrogen) atoms. The summed E-state index contributed by atoms with van der Waals surface area (Å²) in [6, 6.07) is 17.0. The van der Waals surface area contributed by atoms with Gasteiger partial charge in [-0.3, -0.25) is 14.5 Å². The molecule has 0 radical (unpaired) electrons.